The van der Waals surface area contributed by atoms with Gasteiger partial charge >= 0.3 is 0 Å². The van der Waals surface area contributed by atoms with Crippen LogP contribution in [0.3, 0.4) is 0 Å². The molecule has 1 aromatic carbocycles. The lowest BCUT2D eigenvalue weighted by molar-refractivity contribution is -0.150. The van der Waals surface area contributed by atoms with Crippen molar-refractivity contribution in [3.05, 3.63) is 64.6 Å². The molecule has 8 nitrogen and oxygen atoms in total. The summed E-state index contributed by atoms with van der Waals surface area (Å²) >= 11 is 6.31. The van der Waals surface area contributed by atoms with Crippen LogP contribution in [0.2, 0.25) is 5.28 Å². The number of nitrogens with one attached hydrogen (secondary N) is 1. The standard InChI is InChI=1S/C30H38ClFN4O4/c1-3-11-30(32,19-40-24-17-39-18-24)23-9-6-8-22(14-23)20(2)33-27-25-15-36(16-26(25)34-29(31)35-27)28(37)21-7-4-5-12-38-13-10-21/h3,6,8-9,14,20-21,24H,1,4-5,7,10-13,15-19H2,2H3,(H,33,34,35)/t20-,21?,30?/m1/s1. The second kappa shape index (κ2) is 12.9. The predicted molar refractivity (Wildman–Crippen MR) is 151 cm³/mol. The zero-order valence-corrected chi connectivity index (χ0v) is 23.8. The number of rotatable bonds is 10. The molecular formula is C30H38ClFN4O4. The van der Waals surface area contributed by atoms with Crippen LogP contribution in [0.5, 0.6) is 0 Å². The molecule has 40 heavy (non-hydrogen) atoms. The summed E-state index contributed by atoms with van der Waals surface area (Å²) in [4.78, 5) is 24.1. The van der Waals surface area contributed by atoms with Crippen molar-refractivity contribution in [2.75, 3.05) is 38.4 Å². The molecule has 2 fully saturated rings. The van der Waals surface area contributed by atoms with E-state index in [4.69, 9.17) is 25.8 Å². The second-order valence-corrected chi connectivity index (χ2v) is 11.3. The predicted octanol–water partition coefficient (Wildman–Crippen LogP) is 5.51. The molecule has 216 valence electrons. The van der Waals surface area contributed by atoms with Crippen molar-refractivity contribution in [1.82, 2.24) is 14.9 Å². The van der Waals surface area contributed by atoms with Crippen molar-refractivity contribution in [2.45, 2.75) is 69.9 Å². The van der Waals surface area contributed by atoms with E-state index >= 15 is 4.39 Å². The summed E-state index contributed by atoms with van der Waals surface area (Å²) in [6, 6.07) is 7.23. The van der Waals surface area contributed by atoms with Crippen LogP contribution in [0, 0.1) is 5.92 Å². The lowest BCUT2D eigenvalue weighted by Gasteiger charge is -2.31. The molecule has 0 bridgehead atoms. The number of anilines is 1. The smallest absolute Gasteiger partial charge is 0.226 e. The molecule has 0 aliphatic carbocycles. The fourth-order valence-electron chi connectivity index (χ4n) is 5.50. The summed E-state index contributed by atoms with van der Waals surface area (Å²) in [5, 5.41) is 3.58. The van der Waals surface area contributed by atoms with E-state index in [9.17, 15) is 4.79 Å². The molecule has 2 unspecified atom stereocenters. The summed E-state index contributed by atoms with van der Waals surface area (Å²) < 4.78 is 32.7. The Morgan fingerprint density at radius 1 is 1.27 bits per heavy atom. The van der Waals surface area contributed by atoms with E-state index in [2.05, 4.69) is 21.9 Å². The van der Waals surface area contributed by atoms with Gasteiger partial charge in [-0.3, -0.25) is 4.79 Å². The van der Waals surface area contributed by atoms with Gasteiger partial charge in [-0.15, -0.1) is 6.58 Å². The van der Waals surface area contributed by atoms with E-state index in [0.29, 0.717) is 44.3 Å². The van der Waals surface area contributed by atoms with Gasteiger partial charge in [0.05, 0.1) is 38.6 Å². The molecule has 0 saturated carbocycles. The van der Waals surface area contributed by atoms with E-state index in [1.54, 1.807) is 12.1 Å². The van der Waals surface area contributed by atoms with Crippen LogP contribution in [-0.4, -0.2) is 59.9 Å². The molecular weight excluding hydrogens is 535 g/mol. The number of ether oxygens (including phenoxy) is 3. The van der Waals surface area contributed by atoms with Crippen LogP contribution in [0.15, 0.2) is 36.9 Å². The van der Waals surface area contributed by atoms with Gasteiger partial charge in [0.2, 0.25) is 11.2 Å². The van der Waals surface area contributed by atoms with Gasteiger partial charge in [-0.2, -0.15) is 0 Å². The molecule has 1 amide bonds. The van der Waals surface area contributed by atoms with Crippen molar-refractivity contribution >= 4 is 23.3 Å². The number of carbonyl (C=O) groups excluding carboxylic acids is 1. The molecule has 2 saturated heterocycles. The number of benzene rings is 1. The first kappa shape index (κ1) is 28.9. The highest BCUT2D eigenvalue weighted by Crippen LogP contribution is 2.35. The van der Waals surface area contributed by atoms with E-state index in [0.717, 1.165) is 49.1 Å². The van der Waals surface area contributed by atoms with Gasteiger partial charge in [-0.05, 0) is 48.9 Å². The van der Waals surface area contributed by atoms with Gasteiger partial charge in [0, 0.05) is 37.2 Å². The molecule has 1 N–H and O–H groups in total. The third-order valence-electron chi connectivity index (χ3n) is 8.00. The Morgan fingerprint density at radius 3 is 2.90 bits per heavy atom. The van der Waals surface area contributed by atoms with Gasteiger partial charge in [-0.1, -0.05) is 36.8 Å². The average Bonchev–Trinajstić information content (AvgIpc) is 3.32. The maximum Gasteiger partial charge on any atom is 0.226 e. The highest BCUT2D eigenvalue weighted by atomic mass is 35.5. The number of alkyl halides is 1. The van der Waals surface area contributed by atoms with Crippen LogP contribution in [0.4, 0.5) is 10.2 Å². The number of fused-ring (bicyclic) bond motifs is 1. The molecule has 0 spiro atoms. The summed E-state index contributed by atoms with van der Waals surface area (Å²) in [5.74, 6) is 0.673. The SMILES string of the molecule is C=CCC(F)(COC1COC1)c1cccc([C@@H](C)Nc2nc(Cl)nc3c2CN(C(=O)C2CCCCOCC2)C3)c1. The quantitative estimate of drug-likeness (QED) is 0.297. The molecule has 3 aliphatic rings. The van der Waals surface area contributed by atoms with Crippen LogP contribution in [-0.2, 0) is 37.8 Å². The number of amides is 1. The normalized spacial score (nSPS) is 21.9. The fraction of sp³-hybridized carbons (Fsp3) is 0.567. The minimum Gasteiger partial charge on any atom is -0.381 e. The zero-order valence-electron chi connectivity index (χ0n) is 23.0. The van der Waals surface area contributed by atoms with Crippen molar-refractivity contribution in [3.63, 3.8) is 0 Å². The van der Waals surface area contributed by atoms with Crippen molar-refractivity contribution < 1.29 is 23.4 Å². The summed E-state index contributed by atoms with van der Waals surface area (Å²) in [6.07, 6.45) is 5.23. The van der Waals surface area contributed by atoms with Gasteiger partial charge in [-0.25, -0.2) is 14.4 Å². The maximum absolute atomic E-state index is 16.1. The third-order valence-corrected chi connectivity index (χ3v) is 8.17. The van der Waals surface area contributed by atoms with Gasteiger partial charge < -0.3 is 24.4 Å². The summed E-state index contributed by atoms with van der Waals surface area (Å²) in [6.45, 7) is 8.88. The fourth-order valence-corrected chi connectivity index (χ4v) is 5.68. The maximum atomic E-state index is 16.1. The Morgan fingerprint density at radius 2 is 2.12 bits per heavy atom. The minimum absolute atomic E-state index is 0.0477. The topological polar surface area (TPSA) is 85.8 Å². The van der Waals surface area contributed by atoms with Crippen molar-refractivity contribution in [3.8, 4) is 0 Å². The number of nitrogens with zero attached hydrogens (tertiary/aromatic N) is 3. The molecule has 10 heteroatoms. The van der Waals surface area contributed by atoms with E-state index < -0.39 is 5.67 Å². The molecule has 0 radical (unpaired) electrons. The van der Waals surface area contributed by atoms with Gasteiger partial charge in [0.25, 0.3) is 0 Å². The van der Waals surface area contributed by atoms with Crippen LogP contribution >= 0.6 is 11.6 Å². The molecule has 2 aromatic rings. The zero-order chi connectivity index (χ0) is 28.1. The number of halogens is 2. The number of hydrogen-bond donors (Lipinski definition) is 1. The average molecular weight is 573 g/mol. The number of carbonyl (C=O) groups is 1. The highest BCUT2D eigenvalue weighted by Gasteiger charge is 2.35. The molecule has 3 atom stereocenters. The highest BCUT2D eigenvalue weighted by molar-refractivity contribution is 6.28. The molecule has 1 aromatic heterocycles. The third kappa shape index (κ3) is 6.65. The minimum atomic E-state index is -1.70. The Balaban J connectivity index is 1.30. The molecule has 5 rings (SSSR count). The van der Waals surface area contributed by atoms with E-state index in [-0.39, 0.29) is 42.3 Å². The first-order chi connectivity index (χ1) is 19.4. The number of aromatic nitrogens is 2. The first-order valence-corrected chi connectivity index (χ1v) is 14.5. The largest absolute Gasteiger partial charge is 0.381 e. The molecule has 3 aliphatic heterocycles. The Kier molecular flexibility index (Phi) is 9.35. The Hall–Kier alpha value is -2.59. The number of allylic oxidation sites excluding steroid dienone is 1. The van der Waals surface area contributed by atoms with Gasteiger partial charge in [0.1, 0.15) is 11.9 Å². The van der Waals surface area contributed by atoms with Gasteiger partial charge in [0.15, 0.2) is 5.67 Å². The lowest BCUT2D eigenvalue weighted by atomic mass is 9.90. The lowest BCUT2D eigenvalue weighted by Crippen LogP contribution is -2.39. The Labute approximate surface area is 240 Å². The van der Waals surface area contributed by atoms with E-state index in [1.807, 2.05) is 30.0 Å². The van der Waals surface area contributed by atoms with Crippen molar-refractivity contribution in [1.29, 1.82) is 0 Å². The molecule has 4 heterocycles. The van der Waals surface area contributed by atoms with Crippen molar-refractivity contribution in [2.24, 2.45) is 5.92 Å². The monoisotopic (exact) mass is 572 g/mol. The van der Waals surface area contributed by atoms with Crippen LogP contribution in [0.25, 0.3) is 0 Å². The second-order valence-electron chi connectivity index (χ2n) is 11.0. The summed E-state index contributed by atoms with van der Waals surface area (Å²) in [5.41, 5.74) is 1.34. The number of hydrogen-bond acceptors (Lipinski definition) is 7. The first-order valence-electron chi connectivity index (χ1n) is 14.1. The summed E-state index contributed by atoms with van der Waals surface area (Å²) in [7, 11) is 0. The van der Waals surface area contributed by atoms with Crippen LogP contribution < -0.4 is 5.32 Å². The Bertz CT molecular complexity index is 1200. The van der Waals surface area contributed by atoms with E-state index in [1.165, 1.54) is 0 Å². The van der Waals surface area contributed by atoms with Crippen LogP contribution in [0.1, 0.15) is 67.5 Å².